The number of sulfone groups is 1. The summed E-state index contributed by atoms with van der Waals surface area (Å²) in [6.07, 6.45) is 1.16. The zero-order chi connectivity index (χ0) is 11.9. The van der Waals surface area contributed by atoms with Crippen LogP contribution in [-0.4, -0.2) is 69.6 Å². The van der Waals surface area contributed by atoms with Crippen LogP contribution in [0.5, 0.6) is 0 Å². The molecular weight excluding hydrogens is 220 g/mol. The van der Waals surface area contributed by atoms with E-state index in [9.17, 15) is 13.2 Å². The summed E-state index contributed by atoms with van der Waals surface area (Å²) in [5, 5.41) is 10.9. The summed E-state index contributed by atoms with van der Waals surface area (Å²) >= 11 is 0. The molecule has 0 unspecified atom stereocenters. The Labute approximate surface area is 90.2 Å². The molecule has 0 aliphatic carbocycles. The predicted octanol–water partition coefficient (Wildman–Crippen LogP) is -1.93. The summed E-state index contributed by atoms with van der Waals surface area (Å²) in [4.78, 5) is 12.7. The SMILES string of the molecule is CN(CCS(C)(=O)=O)CC(=O)NCCO. The van der Waals surface area contributed by atoms with Gasteiger partial charge in [0.2, 0.25) is 5.91 Å². The Morgan fingerprint density at radius 3 is 2.53 bits per heavy atom. The lowest BCUT2D eigenvalue weighted by Crippen LogP contribution is -2.38. The number of carbonyl (C=O) groups excluding carboxylic acids is 1. The first-order valence-corrected chi connectivity index (χ1v) is 6.65. The smallest absolute Gasteiger partial charge is 0.234 e. The highest BCUT2D eigenvalue weighted by molar-refractivity contribution is 7.90. The topological polar surface area (TPSA) is 86.7 Å². The number of amides is 1. The van der Waals surface area contributed by atoms with Crippen LogP contribution in [0.2, 0.25) is 0 Å². The molecule has 0 heterocycles. The predicted molar refractivity (Wildman–Crippen MR) is 57.3 cm³/mol. The van der Waals surface area contributed by atoms with Crippen molar-refractivity contribution >= 4 is 15.7 Å². The number of hydrogen-bond acceptors (Lipinski definition) is 5. The lowest BCUT2D eigenvalue weighted by atomic mass is 10.5. The van der Waals surface area contributed by atoms with E-state index in [-0.39, 0.29) is 31.4 Å². The van der Waals surface area contributed by atoms with Crippen molar-refractivity contribution in [2.75, 3.05) is 45.3 Å². The first kappa shape index (κ1) is 14.3. The third-order valence-corrected chi connectivity index (χ3v) is 2.62. The summed E-state index contributed by atoms with van der Waals surface area (Å²) in [6.45, 7) is 0.582. The van der Waals surface area contributed by atoms with Gasteiger partial charge in [-0.25, -0.2) is 8.42 Å². The summed E-state index contributed by atoms with van der Waals surface area (Å²) < 4.78 is 21.7. The van der Waals surface area contributed by atoms with E-state index in [0.717, 1.165) is 6.26 Å². The van der Waals surface area contributed by atoms with Crippen LogP contribution in [0.15, 0.2) is 0 Å². The van der Waals surface area contributed by atoms with Gasteiger partial charge < -0.3 is 10.4 Å². The molecule has 7 heteroatoms. The molecule has 15 heavy (non-hydrogen) atoms. The van der Waals surface area contributed by atoms with Crippen molar-refractivity contribution in [2.45, 2.75) is 0 Å². The van der Waals surface area contributed by atoms with Crippen molar-refractivity contribution in [2.24, 2.45) is 0 Å². The maximum atomic E-state index is 11.1. The molecule has 0 saturated heterocycles. The van der Waals surface area contributed by atoms with Crippen LogP contribution in [0, 0.1) is 0 Å². The summed E-state index contributed by atoms with van der Waals surface area (Å²) in [5.74, 6) is -0.184. The van der Waals surface area contributed by atoms with Gasteiger partial charge in [0.15, 0.2) is 0 Å². The van der Waals surface area contributed by atoms with Crippen molar-refractivity contribution < 1.29 is 18.3 Å². The molecule has 0 aromatic heterocycles. The molecule has 0 bridgehead atoms. The van der Waals surface area contributed by atoms with E-state index in [0.29, 0.717) is 6.54 Å². The fraction of sp³-hybridized carbons (Fsp3) is 0.875. The Bertz CT molecular complexity index is 289. The number of rotatable bonds is 7. The average Bonchev–Trinajstić information content (AvgIpc) is 2.10. The van der Waals surface area contributed by atoms with Gasteiger partial charge in [0.1, 0.15) is 9.84 Å². The van der Waals surface area contributed by atoms with Crippen LogP contribution >= 0.6 is 0 Å². The standard InChI is InChI=1S/C8H18N2O4S/c1-10(4-6-15(2,13)14)7-8(12)9-3-5-11/h11H,3-7H2,1-2H3,(H,9,12). The molecule has 0 radical (unpaired) electrons. The van der Waals surface area contributed by atoms with Gasteiger partial charge in [-0.1, -0.05) is 0 Å². The highest BCUT2D eigenvalue weighted by Gasteiger charge is 2.08. The van der Waals surface area contributed by atoms with Crippen LogP contribution in [0.3, 0.4) is 0 Å². The second-order valence-electron chi connectivity index (χ2n) is 3.44. The Balaban J connectivity index is 3.74. The number of hydrogen-bond donors (Lipinski definition) is 2. The quantitative estimate of drug-likeness (QED) is 0.539. The van der Waals surface area contributed by atoms with Gasteiger partial charge in [-0.15, -0.1) is 0 Å². The second-order valence-corrected chi connectivity index (χ2v) is 5.70. The van der Waals surface area contributed by atoms with Crippen LogP contribution in [0.1, 0.15) is 0 Å². The lowest BCUT2D eigenvalue weighted by molar-refractivity contribution is -0.122. The van der Waals surface area contributed by atoms with Crippen molar-refractivity contribution in [1.29, 1.82) is 0 Å². The first-order valence-electron chi connectivity index (χ1n) is 4.59. The fourth-order valence-electron chi connectivity index (χ4n) is 0.897. The molecular formula is C8H18N2O4S. The van der Waals surface area contributed by atoms with Gasteiger partial charge in [-0.2, -0.15) is 0 Å². The Morgan fingerprint density at radius 2 is 2.07 bits per heavy atom. The molecule has 0 aromatic rings. The van der Waals surface area contributed by atoms with E-state index in [1.807, 2.05) is 0 Å². The minimum absolute atomic E-state index is 0.0385. The fourth-order valence-corrected chi connectivity index (χ4v) is 1.54. The van der Waals surface area contributed by atoms with Crippen LogP contribution in [0.4, 0.5) is 0 Å². The van der Waals surface area contributed by atoms with Gasteiger partial charge in [-0.3, -0.25) is 9.69 Å². The zero-order valence-electron chi connectivity index (χ0n) is 9.06. The second kappa shape index (κ2) is 6.76. The molecule has 6 nitrogen and oxygen atoms in total. The number of aliphatic hydroxyl groups is 1. The van der Waals surface area contributed by atoms with Gasteiger partial charge >= 0.3 is 0 Å². The largest absolute Gasteiger partial charge is 0.395 e. The molecule has 0 aromatic carbocycles. The van der Waals surface area contributed by atoms with Gasteiger partial charge in [0.05, 0.1) is 18.9 Å². The maximum absolute atomic E-state index is 11.1. The minimum Gasteiger partial charge on any atom is -0.395 e. The van der Waals surface area contributed by atoms with E-state index in [1.54, 1.807) is 11.9 Å². The van der Waals surface area contributed by atoms with E-state index in [1.165, 1.54) is 0 Å². The van der Waals surface area contributed by atoms with Crippen molar-refractivity contribution in [3.05, 3.63) is 0 Å². The maximum Gasteiger partial charge on any atom is 0.234 e. The lowest BCUT2D eigenvalue weighted by Gasteiger charge is -2.15. The number of nitrogens with one attached hydrogen (secondary N) is 1. The molecule has 0 fully saturated rings. The highest BCUT2D eigenvalue weighted by Crippen LogP contribution is 1.87. The van der Waals surface area contributed by atoms with Crippen molar-refractivity contribution in [3.8, 4) is 0 Å². The molecule has 0 rings (SSSR count). The van der Waals surface area contributed by atoms with Gasteiger partial charge in [0.25, 0.3) is 0 Å². The zero-order valence-corrected chi connectivity index (χ0v) is 9.88. The van der Waals surface area contributed by atoms with Crippen molar-refractivity contribution in [1.82, 2.24) is 10.2 Å². The van der Waals surface area contributed by atoms with Crippen LogP contribution in [0.25, 0.3) is 0 Å². The van der Waals surface area contributed by atoms with E-state index in [2.05, 4.69) is 5.32 Å². The Kier molecular flexibility index (Phi) is 6.46. The third-order valence-electron chi connectivity index (χ3n) is 1.69. The number of likely N-dealkylation sites (N-methyl/N-ethyl adjacent to an activating group) is 1. The average molecular weight is 238 g/mol. The normalized spacial score (nSPS) is 11.7. The van der Waals surface area contributed by atoms with E-state index in [4.69, 9.17) is 5.11 Å². The Hall–Kier alpha value is -0.660. The summed E-state index contributed by atoms with van der Waals surface area (Å²) in [6, 6.07) is 0. The highest BCUT2D eigenvalue weighted by atomic mass is 32.2. The summed E-state index contributed by atoms with van der Waals surface area (Å²) in [5.41, 5.74) is 0. The minimum atomic E-state index is -2.99. The van der Waals surface area contributed by atoms with Crippen molar-refractivity contribution in [3.63, 3.8) is 0 Å². The number of aliphatic hydroxyl groups excluding tert-OH is 1. The molecule has 0 atom stereocenters. The van der Waals surface area contributed by atoms with Gasteiger partial charge in [0, 0.05) is 19.3 Å². The number of carbonyl (C=O) groups is 1. The van der Waals surface area contributed by atoms with Gasteiger partial charge in [-0.05, 0) is 7.05 Å². The molecule has 1 amide bonds. The molecule has 0 aliphatic heterocycles. The van der Waals surface area contributed by atoms with E-state index >= 15 is 0 Å². The molecule has 90 valence electrons. The summed E-state index contributed by atoms with van der Waals surface area (Å²) in [7, 11) is -1.31. The van der Waals surface area contributed by atoms with Crippen LogP contribution in [-0.2, 0) is 14.6 Å². The molecule has 0 aliphatic rings. The van der Waals surface area contributed by atoms with E-state index < -0.39 is 9.84 Å². The molecule has 0 saturated carbocycles. The van der Waals surface area contributed by atoms with Crippen LogP contribution < -0.4 is 5.32 Å². The molecule has 0 spiro atoms. The Morgan fingerprint density at radius 1 is 1.47 bits per heavy atom. The first-order chi connectivity index (χ1) is 6.85. The number of nitrogens with zero attached hydrogens (tertiary/aromatic N) is 1. The third kappa shape index (κ3) is 9.64. The monoisotopic (exact) mass is 238 g/mol. The molecule has 2 N–H and O–H groups in total.